The third kappa shape index (κ3) is 4.93. The highest BCUT2D eigenvalue weighted by Gasteiger charge is 2.36. The fraction of sp³-hybridized carbons (Fsp3) is 0.556. The first-order valence-corrected chi connectivity index (χ1v) is 8.88. The van der Waals surface area contributed by atoms with Gasteiger partial charge in [-0.05, 0) is 39.5 Å². The third-order valence-electron chi connectivity index (χ3n) is 5.11. The minimum atomic E-state index is -0.705. The Morgan fingerprint density at radius 2 is 1.46 bits per heavy atom. The summed E-state index contributed by atoms with van der Waals surface area (Å²) in [5, 5.41) is 0. The van der Waals surface area contributed by atoms with Crippen LogP contribution in [0.1, 0.15) is 43.8 Å². The van der Waals surface area contributed by atoms with E-state index in [1.165, 1.54) is 0 Å². The zero-order valence-electron chi connectivity index (χ0n) is 15.5. The summed E-state index contributed by atoms with van der Waals surface area (Å²) >= 11 is 0. The molecule has 2 aromatic heterocycles. The van der Waals surface area contributed by atoms with Gasteiger partial charge in [-0.2, -0.15) is 0 Å². The molecule has 8 nitrogen and oxygen atoms in total. The van der Waals surface area contributed by atoms with Crippen molar-refractivity contribution in [1.82, 2.24) is 19.1 Å². The molecule has 0 radical (unpaired) electrons. The van der Waals surface area contributed by atoms with Crippen molar-refractivity contribution in [3.05, 3.63) is 36.4 Å². The second kappa shape index (κ2) is 8.64. The molecule has 0 aliphatic carbocycles. The number of nitrogens with two attached hydrogens (primary N) is 2. The molecular weight excluding hydrogens is 332 g/mol. The highest BCUT2D eigenvalue weighted by molar-refractivity contribution is 5.81. The van der Waals surface area contributed by atoms with Gasteiger partial charge in [0.15, 0.2) is 0 Å². The smallest absolute Gasteiger partial charge is 0.223 e. The van der Waals surface area contributed by atoms with E-state index >= 15 is 0 Å². The molecule has 0 spiro atoms. The van der Waals surface area contributed by atoms with Crippen molar-refractivity contribution in [2.45, 2.75) is 59.0 Å². The van der Waals surface area contributed by atoms with Crippen molar-refractivity contribution >= 4 is 11.8 Å². The topological polar surface area (TPSA) is 122 Å². The SMILES string of the molecule is Cc1nccn1CCC(CCCC(N)=O)(CCn1ccnc1C)C(N)=O. The maximum atomic E-state index is 12.4. The van der Waals surface area contributed by atoms with E-state index in [4.69, 9.17) is 11.5 Å². The van der Waals surface area contributed by atoms with Crippen LogP contribution in [0.2, 0.25) is 0 Å². The molecule has 142 valence electrons. The van der Waals surface area contributed by atoms with Crippen LogP contribution in [-0.4, -0.2) is 30.9 Å². The van der Waals surface area contributed by atoms with Gasteiger partial charge in [-0.15, -0.1) is 0 Å². The fourth-order valence-corrected chi connectivity index (χ4v) is 3.29. The van der Waals surface area contributed by atoms with Crippen LogP contribution < -0.4 is 11.5 Å². The number of imidazole rings is 2. The van der Waals surface area contributed by atoms with Gasteiger partial charge in [0.1, 0.15) is 11.6 Å². The molecule has 0 saturated carbocycles. The molecular formula is C18H28N6O2. The first-order valence-electron chi connectivity index (χ1n) is 8.88. The summed E-state index contributed by atoms with van der Waals surface area (Å²) in [5.41, 5.74) is 10.4. The Morgan fingerprint density at radius 1 is 0.962 bits per heavy atom. The molecule has 0 unspecified atom stereocenters. The van der Waals surface area contributed by atoms with Crippen LogP contribution in [0, 0.1) is 19.3 Å². The normalized spacial score (nSPS) is 11.6. The van der Waals surface area contributed by atoms with E-state index in [0.717, 1.165) is 11.6 Å². The molecule has 26 heavy (non-hydrogen) atoms. The minimum Gasteiger partial charge on any atom is -0.370 e. The van der Waals surface area contributed by atoms with Crippen molar-refractivity contribution in [3.63, 3.8) is 0 Å². The average molecular weight is 360 g/mol. The average Bonchev–Trinajstić information content (AvgIpc) is 3.17. The molecule has 0 fully saturated rings. The monoisotopic (exact) mass is 360 g/mol. The van der Waals surface area contributed by atoms with E-state index in [9.17, 15) is 9.59 Å². The highest BCUT2D eigenvalue weighted by Crippen LogP contribution is 2.34. The van der Waals surface area contributed by atoms with Gasteiger partial charge < -0.3 is 20.6 Å². The lowest BCUT2D eigenvalue weighted by Crippen LogP contribution is -2.39. The van der Waals surface area contributed by atoms with Crippen LogP contribution in [0.5, 0.6) is 0 Å². The molecule has 2 heterocycles. The molecule has 0 aromatic carbocycles. The number of rotatable bonds is 11. The predicted molar refractivity (Wildman–Crippen MR) is 97.8 cm³/mol. The van der Waals surface area contributed by atoms with E-state index in [0.29, 0.717) is 38.8 Å². The van der Waals surface area contributed by atoms with Crippen molar-refractivity contribution in [2.24, 2.45) is 16.9 Å². The van der Waals surface area contributed by atoms with Crippen LogP contribution in [0.25, 0.3) is 0 Å². The first-order chi connectivity index (χ1) is 12.3. The summed E-state index contributed by atoms with van der Waals surface area (Å²) in [5.74, 6) is 1.09. The molecule has 2 rings (SSSR count). The Bertz CT molecular complexity index is 704. The molecule has 0 aliphatic rings. The lowest BCUT2D eigenvalue weighted by molar-refractivity contribution is -0.130. The summed E-state index contributed by atoms with van der Waals surface area (Å²) in [6, 6.07) is 0. The van der Waals surface area contributed by atoms with E-state index in [1.54, 1.807) is 12.4 Å². The molecule has 0 bridgehead atoms. The second-order valence-electron chi connectivity index (χ2n) is 6.80. The van der Waals surface area contributed by atoms with Gasteiger partial charge in [-0.25, -0.2) is 9.97 Å². The van der Waals surface area contributed by atoms with Crippen LogP contribution in [0.15, 0.2) is 24.8 Å². The minimum absolute atomic E-state index is 0.253. The number of nitrogens with zero attached hydrogens (tertiary/aromatic N) is 4. The molecule has 8 heteroatoms. The molecule has 0 aliphatic heterocycles. The Balaban J connectivity index is 2.14. The summed E-state index contributed by atoms with van der Waals surface area (Å²) in [7, 11) is 0. The molecule has 2 amide bonds. The van der Waals surface area contributed by atoms with Gasteiger partial charge in [-0.1, -0.05) is 0 Å². The van der Waals surface area contributed by atoms with Gasteiger partial charge >= 0.3 is 0 Å². The zero-order valence-corrected chi connectivity index (χ0v) is 15.5. The van der Waals surface area contributed by atoms with E-state index in [2.05, 4.69) is 9.97 Å². The van der Waals surface area contributed by atoms with Gasteiger partial charge in [0.2, 0.25) is 11.8 Å². The maximum Gasteiger partial charge on any atom is 0.223 e. The zero-order chi connectivity index (χ0) is 19.2. The number of aromatic nitrogens is 4. The standard InChI is InChI=1S/C18H28N6O2/c1-14-21-8-12-23(14)10-6-18(17(20)26,5-3-4-16(19)25)7-11-24-13-9-22-15(24)2/h8-9,12-13H,3-7,10-11H2,1-2H3,(H2,19,25)(H2,20,26). The summed E-state index contributed by atoms with van der Waals surface area (Å²) in [6.07, 6.45) is 9.78. The lowest BCUT2D eigenvalue weighted by Gasteiger charge is -2.31. The van der Waals surface area contributed by atoms with Crippen molar-refractivity contribution < 1.29 is 9.59 Å². The number of carbonyl (C=O) groups is 2. The lowest BCUT2D eigenvalue weighted by atomic mass is 9.75. The van der Waals surface area contributed by atoms with E-state index in [-0.39, 0.29) is 18.2 Å². The summed E-state index contributed by atoms with van der Waals surface area (Å²) < 4.78 is 4.02. The fourth-order valence-electron chi connectivity index (χ4n) is 3.29. The molecule has 0 atom stereocenters. The van der Waals surface area contributed by atoms with Gasteiger partial charge in [0.25, 0.3) is 0 Å². The van der Waals surface area contributed by atoms with E-state index in [1.807, 2.05) is 35.4 Å². The predicted octanol–water partition coefficient (Wildman–Crippen LogP) is 1.30. The number of amides is 2. The highest BCUT2D eigenvalue weighted by atomic mass is 16.1. The molecule has 2 aromatic rings. The number of primary amides is 2. The quantitative estimate of drug-likeness (QED) is 0.627. The number of hydrogen-bond donors (Lipinski definition) is 2. The van der Waals surface area contributed by atoms with Crippen LogP contribution in [-0.2, 0) is 22.7 Å². The molecule has 0 saturated heterocycles. The van der Waals surface area contributed by atoms with Crippen LogP contribution in [0.4, 0.5) is 0 Å². The third-order valence-corrected chi connectivity index (χ3v) is 5.11. The second-order valence-corrected chi connectivity index (χ2v) is 6.80. The maximum absolute atomic E-state index is 12.4. The Hall–Kier alpha value is -2.64. The Labute approximate surface area is 153 Å². The van der Waals surface area contributed by atoms with Gasteiger partial charge in [0.05, 0.1) is 5.41 Å². The number of carbonyl (C=O) groups excluding carboxylic acids is 2. The van der Waals surface area contributed by atoms with Crippen molar-refractivity contribution in [2.75, 3.05) is 0 Å². The Morgan fingerprint density at radius 3 is 1.81 bits per heavy atom. The number of hydrogen-bond acceptors (Lipinski definition) is 4. The first kappa shape index (κ1) is 19.7. The van der Waals surface area contributed by atoms with Crippen molar-refractivity contribution in [1.29, 1.82) is 0 Å². The molecule has 4 N–H and O–H groups in total. The van der Waals surface area contributed by atoms with E-state index < -0.39 is 5.41 Å². The largest absolute Gasteiger partial charge is 0.370 e. The van der Waals surface area contributed by atoms with Crippen molar-refractivity contribution in [3.8, 4) is 0 Å². The van der Waals surface area contributed by atoms with Crippen LogP contribution >= 0.6 is 0 Å². The van der Waals surface area contributed by atoms with Gasteiger partial charge in [-0.3, -0.25) is 9.59 Å². The van der Waals surface area contributed by atoms with Gasteiger partial charge in [0, 0.05) is 44.3 Å². The van der Waals surface area contributed by atoms with Crippen LogP contribution in [0.3, 0.4) is 0 Å². The Kier molecular flexibility index (Phi) is 6.54. The summed E-state index contributed by atoms with van der Waals surface area (Å²) in [4.78, 5) is 32.0. The number of aryl methyl sites for hydroxylation is 4. The summed E-state index contributed by atoms with van der Waals surface area (Å²) in [6.45, 7) is 5.14.